The number of hydrogen-bond acceptors (Lipinski definition) is 5. The van der Waals surface area contributed by atoms with Gasteiger partial charge in [0.2, 0.25) is 0 Å². The highest BCUT2D eigenvalue weighted by Crippen LogP contribution is 2.43. The monoisotopic (exact) mass is 336 g/mol. The van der Waals surface area contributed by atoms with Crippen LogP contribution in [0.25, 0.3) is 0 Å². The van der Waals surface area contributed by atoms with Gasteiger partial charge in [-0.3, -0.25) is 9.98 Å². The van der Waals surface area contributed by atoms with Gasteiger partial charge in [0.1, 0.15) is 13.2 Å². The Morgan fingerprint density at radius 2 is 1.17 bits per heavy atom. The van der Waals surface area contributed by atoms with E-state index in [4.69, 9.17) is 9.47 Å². The lowest BCUT2D eigenvalue weighted by Crippen LogP contribution is -2.36. The molecular weight excluding hydrogens is 308 g/mol. The van der Waals surface area contributed by atoms with E-state index in [9.17, 15) is 0 Å². The van der Waals surface area contributed by atoms with Crippen LogP contribution in [0.3, 0.4) is 0 Å². The Hall–Kier alpha value is -0.710. The van der Waals surface area contributed by atoms with Crippen LogP contribution < -0.4 is 0 Å². The van der Waals surface area contributed by atoms with Gasteiger partial charge >= 0.3 is 0 Å². The summed E-state index contributed by atoms with van der Waals surface area (Å²) in [6.07, 6.45) is 10.5. The number of nitrogens with zero attached hydrogens (tertiary/aromatic N) is 2. The minimum atomic E-state index is 0.547. The first-order chi connectivity index (χ1) is 11.4. The number of rotatable bonds is 4. The van der Waals surface area contributed by atoms with E-state index in [-0.39, 0.29) is 0 Å². The summed E-state index contributed by atoms with van der Waals surface area (Å²) < 4.78 is 11.7. The van der Waals surface area contributed by atoms with Gasteiger partial charge in [-0.1, -0.05) is 25.7 Å². The predicted molar refractivity (Wildman–Crippen MR) is 95.6 cm³/mol. The Morgan fingerprint density at radius 3 is 1.61 bits per heavy atom. The number of aliphatic imine (C=N–C) groups is 2. The zero-order chi connectivity index (χ0) is 15.5. The molecule has 4 atom stereocenters. The molecule has 23 heavy (non-hydrogen) atoms. The van der Waals surface area contributed by atoms with Crippen molar-refractivity contribution in [2.24, 2.45) is 21.8 Å². The van der Waals surface area contributed by atoms with E-state index in [0.717, 1.165) is 38.1 Å². The number of thioether (sulfide) groups is 1. The van der Waals surface area contributed by atoms with E-state index in [2.05, 4.69) is 21.7 Å². The average molecular weight is 337 g/mol. The molecule has 128 valence electrons. The molecule has 0 N–H and O–H groups in total. The van der Waals surface area contributed by atoms with Crippen LogP contribution in [0.1, 0.15) is 51.4 Å². The molecule has 0 aromatic carbocycles. The maximum Gasteiger partial charge on any atom is 0.187 e. The third-order valence-corrected chi connectivity index (χ3v) is 7.43. The molecule has 4 nitrogen and oxygen atoms in total. The molecule has 0 aromatic heterocycles. The molecule has 2 aliphatic carbocycles. The van der Waals surface area contributed by atoms with Crippen molar-refractivity contribution in [3.05, 3.63) is 0 Å². The summed E-state index contributed by atoms with van der Waals surface area (Å²) in [5, 5.41) is 1.35. The molecule has 0 aromatic rings. The van der Waals surface area contributed by atoms with Crippen molar-refractivity contribution in [1.82, 2.24) is 0 Å². The van der Waals surface area contributed by atoms with Crippen LogP contribution in [-0.4, -0.2) is 48.6 Å². The van der Waals surface area contributed by atoms with Gasteiger partial charge in [0.15, 0.2) is 11.8 Å². The molecule has 5 heteroatoms. The Labute approximate surface area is 143 Å². The normalized spacial score (nSPS) is 37.7. The van der Waals surface area contributed by atoms with E-state index < -0.39 is 0 Å². The topological polar surface area (TPSA) is 43.2 Å². The maximum atomic E-state index is 5.83. The predicted octanol–water partition coefficient (Wildman–Crippen LogP) is 3.69. The summed E-state index contributed by atoms with van der Waals surface area (Å²) in [6, 6.07) is 0. The van der Waals surface area contributed by atoms with Crippen molar-refractivity contribution in [1.29, 1.82) is 0 Å². The first kappa shape index (κ1) is 15.8. The fourth-order valence-electron chi connectivity index (χ4n) is 4.46. The summed E-state index contributed by atoms with van der Waals surface area (Å²) in [4.78, 5) is 9.26. The van der Waals surface area contributed by atoms with Gasteiger partial charge in [0.05, 0.1) is 13.1 Å². The van der Waals surface area contributed by atoms with Crippen LogP contribution in [0.2, 0.25) is 0 Å². The maximum absolute atomic E-state index is 5.83. The summed E-state index contributed by atoms with van der Waals surface area (Å²) in [5.74, 6) is 3.21. The SMILES string of the molecule is C1CCC(C2=NCCO2)C(SC2CCCCC2C2=NCCO2)C1. The van der Waals surface area contributed by atoms with Gasteiger partial charge in [-0.25, -0.2) is 0 Å². The first-order valence-electron chi connectivity index (χ1n) is 9.41. The largest absolute Gasteiger partial charge is 0.479 e. The van der Waals surface area contributed by atoms with Gasteiger partial charge in [-0.2, -0.15) is 11.8 Å². The van der Waals surface area contributed by atoms with Crippen molar-refractivity contribution in [2.75, 3.05) is 26.3 Å². The average Bonchev–Trinajstić information content (AvgIpc) is 3.30. The first-order valence-corrected chi connectivity index (χ1v) is 10.4. The fraction of sp³-hybridized carbons (Fsp3) is 0.889. The van der Waals surface area contributed by atoms with E-state index >= 15 is 0 Å². The van der Waals surface area contributed by atoms with Crippen molar-refractivity contribution in [3.8, 4) is 0 Å². The van der Waals surface area contributed by atoms with E-state index in [1.807, 2.05) is 0 Å². The summed E-state index contributed by atoms with van der Waals surface area (Å²) in [5.41, 5.74) is 0. The van der Waals surface area contributed by atoms with Crippen LogP contribution in [0, 0.1) is 11.8 Å². The minimum absolute atomic E-state index is 0.547. The molecule has 2 saturated carbocycles. The molecule has 2 fully saturated rings. The molecule has 2 heterocycles. The van der Waals surface area contributed by atoms with Gasteiger partial charge < -0.3 is 9.47 Å². The lowest BCUT2D eigenvalue weighted by Gasteiger charge is -2.37. The lowest BCUT2D eigenvalue weighted by molar-refractivity contribution is 0.297. The van der Waals surface area contributed by atoms with E-state index in [0.29, 0.717) is 22.3 Å². The highest BCUT2D eigenvalue weighted by atomic mass is 32.2. The van der Waals surface area contributed by atoms with Crippen molar-refractivity contribution < 1.29 is 9.47 Å². The zero-order valence-corrected chi connectivity index (χ0v) is 14.7. The Balaban J connectivity index is 1.45. The minimum Gasteiger partial charge on any atom is -0.479 e. The second-order valence-electron chi connectivity index (χ2n) is 7.13. The highest BCUT2D eigenvalue weighted by molar-refractivity contribution is 8.00. The summed E-state index contributed by atoms with van der Waals surface area (Å²) in [6.45, 7) is 3.31. The second-order valence-corrected chi connectivity index (χ2v) is 8.61. The highest BCUT2D eigenvalue weighted by Gasteiger charge is 2.38. The molecule has 0 saturated heterocycles. The number of hydrogen-bond donors (Lipinski definition) is 0. The molecule has 0 spiro atoms. The zero-order valence-electron chi connectivity index (χ0n) is 13.9. The molecular formula is C18H28N2O2S. The lowest BCUT2D eigenvalue weighted by atomic mass is 9.88. The van der Waals surface area contributed by atoms with Crippen LogP contribution in [-0.2, 0) is 9.47 Å². The second kappa shape index (κ2) is 7.45. The number of ether oxygens (including phenoxy) is 2. The molecule has 0 radical (unpaired) electrons. The Kier molecular flexibility index (Phi) is 5.12. The Bertz CT molecular complexity index is 438. The molecule has 0 bridgehead atoms. The Morgan fingerprint density at radius 1 is 0.696 bits per heavy atom. The molecule has 4 aliphatic rings. The van der Waals surface area contributed by atoms with Crippen molar-refractivity contribution in [3.63, 3.8) is 0 Å². The van der Waals surface area contributed by atoms with Crippen LogP contribution in [0.5, 0.6) is 0 Å². The standard InChI is InChI=1S/C18H28N2O2S/c1-3-7-15(13(5-1)17-19-9-11-21-17)23-16-8-4-2-6-14(16)18-20-10-12-22-18/h13-16H,1-12H2. The smallest absolute Gasteiger partial charge is 0.187 e. The summed E-state index contributed by atoms with van der Waals surface area (Å²) >= 11 is 2.21. The molecule has 4 rings (SSSR count). The van der Waals surface area contributed by atoms with Crippen LogP contribution in [0.15, 0.2) is 9.98 Å². The van der Waals surface area contributed by atoms with Gasteiger partial charge in [-0.15, -0.1) is 0 Å². The van der Waals surface area contributed by atoms with Gasteiger partial charge in [-0.05, 0) is 25.7 Å². The van der Waals surface area contributed by atoms with Gasteiger partial charge in [0, 0.05) is 22.3 Å². The molecule has 2 aliphatic heterocycles. The summed E-state index contributed by atoms with van der Waals surface area (Å²) in [7, 11) is 0. The fourth-order valence-corrected chi connectivity index (χ4v) is 6.40. The van der Waals surface area contributed by atoms with Crippen LogP contribution >= 0.6 is 11.8 Å². The molecule has 0 amide bonds. The van der Waals surface area contributed by atoms with Crippen molar-refractivity contribution in [2.45, 2.75) is 61.9 Å². The van der Waals surface area contributed by atoms with E-state index in [1.165, 1.54) is 51.4 Å². The van der Waals surface area contributed by atoms with Gasteiger partial charge in [0.25, 0.3) is 0 Å². The third-order valence-electron chi connectivity index (χ3n) is 5.61. The quantitative estimate of drug-likeness (QED) is 0.786. The van der Waals surface area contributed by atoms with Crippen molar-refractivity contribution >= 4 is 23.6 Å². The van der Waals surface area contributed by atoms with E-state index in [1.54, 1.807) is 0 Å². The third kappa shape index (κ3) is 3.54. The van der Waals surface area contributed by atoms with Crippen LogP contribution in [0.4, 0.5) is 0 Å². The molecule has 4 unspecified atom stereocenters.